The zero-order valence-electron chi connectivity index (χ0n) is 8.65. The number of nitrogens with zero attached hydrogens (tertiary/aromatic N) is 1. The van der Waals surface area contributed by atoms with E-state index in [1.807, 2.05) is 6.08 Å². The molecule has 0 aromatic rings. The van der Waals surface area contributed by atoms with E-state index in [0.717, 1.165) is 31.9 Å². The molecule has 1 aliphatic heterocycles. The van der Waals surface area contributed by atoms with Crippen molar-refractivity contribution in [3.8, 4) is 0 Å². The maximum absolute atomic E-state index is 9.33. The summed E-state index contributed by atoms with van der Waals surface area (Å²) in [6.07, 6.45) is 5.50. The standard InChI is InChI=1S/C11H16N2O2/c12-10-7-9(1-2-11(10)14)8-13-3-5-15-6-4-13/h1-2,8,11-12,14H,3-7H2. The molecule has 0 saturated carbocycles. The maximum Gasteiger partial charge on any atom is 0.110 e. The van der Waals surface area contributed by atoms with Crippen LogP contribution in [0.3, 0.4) is 0 Å². The van der Waals surface area contributed by atoms with E-state index in [-0.39, 0.29) is 0 Å². The van der Waals surface area contributed by atoms with Crippen molar-refractivity contribution in [1.29, 1.82) is 5.41 Å². The van der Waals surface area contributed by atoms with Crippen LogP contribution in [0.2, 0.25) is 0 Å². The van der Waals surface area contributed by atoms with Crippen molar-refractivity contribution in [1.82, 2.24) is 4.90 Å². The summed E-state index contributed by atoms with van der Waals surface area (Å²) in [5.74, 6) is 0. The Labute approximate surface area is 89.4 Å². The van der Waals surface area contributed by atoms with Gasteiger partial charge < -0.3 is 20.2 Å². The van der Waals surface area contributed by atoms with E-state index >= 15 is 0 Å². The molecule has 2 aliphatic rings. The van der Waals surface area contributed by atoms with E-state index in [2.05, 4.69) is 11.1 Å². The highest BCUT2D eigenvalue weighted by Gasteiger charge is 2.15. The zero-order valence-corrected chi connectivity index (χ0v) is 8.65. The van der Waals surface area contributed by atoms with Gasteiger partial charge in [-0.05, 0) is 5.57 Å². The molecule has 4 nitrogen and oxygen atoms in total. The molecule has 82 valence electrons. The summed E-state index contributed by atoms with van der Waals surface area (Å²) in [6, 6.07) is 0. The number of nitrogens with one attached hydrogen (secondary N) is 1. The fourth-order valence-electron chi connectivity index (χ4n) is 1.74. The number of hydrogen-bond acceptors (Lipinski definition) is 4. The minimum absolute atomic E-state index is 0.372. The fraction of sp³-hybridized carbons (Fsp3) is 0.545. The van der Waals surface area contributed by atoms with Crippen molar-refractivity contribution in [3.63, 3.8) is 0 Å². The molecule has 1 fully saturated rings. The van der Waals surface area contributed by atoms with Crippen LogP contribution in [0.5, 0.6) is 0 Å². The fourth-order valence-corrected chi connectivity index (χ4v) is 1.74. The van der Waals surface area contributed by atoms with Crippen LogP contribution in [-0.4, -0.2) is 48.1 Å². The highest BCUT2D eigenvalue weighted by molar-refractivity contribution is 5.91. The van der Waals surface area contributed by atoms with Crippen molar-refractivity contribution in [2.45, 2.75) is 12.5 Å². The van der Waals surface area contributed by atoms with Gasteiger partial charge in [-0.2, -0.15) is 0 Å². The van der Waals surface area contributed by atoms with Crippen molar-refractivity contribution in [2.75, 3.05) is 26.3 Å². The third-order valence-electron chi connectivity index (χ3n) is 2.64. The number of ether oxygens (including phenoxy) is 1. The quantitative estimate of drug-likeness (QED) is 0.661. The third-order valence-corrected chi connectivity index (χ3v) is 2.64. The lowest BCUT2D eigenvalue weighted by molar-refractivity contribution is 0.0591. The Balaban J connectivity index is 2.00. The highest BCUT2D eigenvalue weighted by atomic mass is 16.5. The van der Waals surface area contributed by atoms with E-state index < -0.39 is 6.10 Å². The number of morpholine rings is 1. The van der Waals surface area contributed by atoms with Gasteiger partial charge in [0.2, 0.25) is 0 Å². The molecule has 1 saturated heterocycles. The van der Waals surface area contributed by atoms with Crippen molar-refractivity contribution < 1.29 is 9.84 Å². The Morgan fingerprint density at radius 1 is 1.47 bits per heavy atom. The first-order valence-electron chi connectivity index (χ1n) is 5.22. The molecule has 1 atom stereocenters. The highest BCUT2D eigenvalue weighted by Crippen LogP contribution is 2.15. The van der Waals surface area contributed by atoms with Crippen molar-refractivity contribution in [2.24, 2.45) is 0 Å². The number of allylic oxidation sites excluding steroid dienone is 2. The van der Waals surface area contributed by atoms with Crippen LogP contribution >= 0.6 is 0 Å². The van der Waals surface area contributed by atoms with Gasteiger partial charge in [-0.25, -0.2) is 0 Å². The number of aliphatic hydroxyl groups is 1. The van der Waals surface area contributed by atoms with Crippen LogP contribution in [-0.2, 0) is 4.74 Å². The minimum Gasteiger partial charge on any atom is -0.383 e. The lowest BCUT2D eigenvalue weighted by atomic mass is 9.98. The molecule has 0 aromatic carbocycles. The second-order valence-electron chi connectivity index (χ2n) is 3.86. The summed E-state index contributed by atoms with van der Waals surface area (Å²) in [7, 11) is 0. The molecule has 0 bridgehead atoms. The molecule has 0 aromatic heterocycles. The molecule has 15 heavy (non-hydrogen) atoms. The van der Waals surface area contributed by atoms with Crippen molar-refractivity contribution >= 4 is 5.71 Å². The molecule has 0 amide bonds. The van der Waals surface area contributed by atoms with E-state index in [4.69, 9.17) is 10.1 Å². The second-order valence-corrected chi connectivity index (χ2v) is 3.86. The summed E-state index contributed by atoms with van der Waals surface area (Å²) >= 11 is 0. The SMILES string of the molecule is N=C1CC(=CN2CCOCC2)C=CC1O. The topological polar surface area (TPSA) is 56.6 Å². The average Bonchev–Trinajstić information content (AvgIpc) is 2.25. The summed E-state index contributed by atoms with van der Waals surface area (Å²) < 4.78 is 5.26. The van der Waals surface area contributed by atoms with E-state index in [1.165, 1.54) is 0 Å². The molecule has 0 radical (unpaired) electrons. The normalized spacial score (nSPS) is 29.9. The minimum atomic E-state index is -0.688. The molecule has 0 spiro atoms. The van der Waals surface area contributed by atoms with Gasteiger partial charge in [-0.3, -0.25) is 0 Å². The second kappa shape index (κ2) is 4.59. The van der Waals surface area contributed by atoms with E-state index in [9.17, 15) is 5.11 Å². The monoisotopic (exact) mass is 208 g/mol. The summed E-state index contributed by atoms with van der Waals surface area (Å²) in [4.78, 5) is 2.20. The van der Waals surface area contributed by atoms with Crippen LogP contribution in [0.25, 0.3) is 0 Å². The summed E-state index contributed by atoms with van der Waals surface area (Å²) in [5, 5.41) is 16.9. The molecule has 2 rings (SSSR count). The average molecular weight is 208 g/mol. The van der Waals surface area contributed by atoms with Crippen LogP contribution < -0.4 is 0 Å². The Morgan fingerprint density at radius 2 is 2.20 bits per heavy atom. The van der Waals surface area contributed by atoms with Crippen LogP contribution in [0, 0.1) is 5.41 Å². The van der Waals surface area contributed by atoms with E-state index in [1.54, 1.807) is 6.08 Å². The van der Waals surface area contributed by atoms with Gasteiger partial charge in [0.05, 0.1) is 13.2 Å². The lowest BCUT2D eigenvalue weighted by Gasteiger charge is -2.27. The summed E-state index contributed by atoms with van der Waals surface area (Å²) in [6.45, 7) is 3.36. The van der Waals surface area contributed by atoms with Gasteiger partial charge in [-0.1, -0.05) is 12.2 Å². The van der Waals surface area contributed by atoms with Gasteiger partial charge in [0.1, 0.15) is 6.10 Å². The van der Waals surface area contributed by atoms with Gasteiger partial charge in [0.15, 0.2) is 0 Å². The predicted molar refractivity (Wildman–Crippen MR) is 58.0 cm³/mol. The molecular formula is C11H16N2O2. The molecule has 4 heteroatoms. The van der Waals surface area contributed by atoms with Crippen LogP contribution in [0.4, 0.5) is 0 Å². The first-order chi connectivity index (χ1) is 7.25. The number of rotatable bonds is 1. The van der Waals surface area contributed by atoms with Gasteiger partial charge in [-0.15, -0.1) is 0 Å². The molecule has 1 unspecified atom stereocenters. The zero-order chi connectivity index (χ0) is 10.7. The Kier molecular flexibility index (Phi) is 3.18. The summed E-state index contributed by atoms with van der Waals surface area (Å²) in [5.41, 5.74) is 1.46. The van der Waals surface area contributed by atoms with Gasteiger partial charge in [0.25, 0.3) is 0 Å². The van der Waals surface area contributed by atoms with Crippen LogP contribution in [0.1, 0.15) is 6.42 Å². The smallest absolute Gasteiger partial charge is 0.110 e. The maximum atomic E-state index is 9.33. The molecular weight excluding hydrogens is 192 g/mol. The number of aliphatic hydroxyl groups excluding tert-OH is 1. The Hall–Kier alpha value is -1.13. The first-order valence-corrected chi connectivity index (χ1v) is 5.22. The van der Waals surface area contributed by atoms with Gasteiger partial charge >= 0.3 is 0 Å². The Morgan fingerprint density at radius 3 is 2.87 bits per heavy atom. The lowest BCUT2D eigenvalue weighted by Crippen LogP contribution is -2.32. The molecule has 1 heterocycles. The van der Waals surface area contributed by atoms with Crippen molar-refractivity contribution in [3.05, 3.63) is 23.9 Å². The van der Waals surface area contributed by atoms with E-state index in [0.29, 0.717) is 12.1 Å². The number of hydrogen-bond donors (Lipinski definition) is 2. The molecule has 1 aliphatic carbocycles. The third kappa shape index (κ3) is 2.67. The van der Waals surface area contributed by atoms with Crippen LogP contribution in [0.15, 0.2) is 23.9 Å². The molecule has 2 N–H and O–H groups in total. The largest absolute Gasteiger partial charge is 0.383 e. The predicted octanol–water partition coefficient (Wildman–Crippen LogP) is 0.543. The first kappa shape index (κ1) is 10.4. The Bertz CT molecular complexity index is 304. The van der Waals surface area contributed by atoms with Gasteiger partial charge in [0, 0.05) is 31.4 Å².